The van der Waals surface area contributed by atoms with E-state index in [0.717, 1.165) is 25.9 Å². The van der Waals surface area contributed by atoms with Crippen molar-refractivity contribution < 1.29 is 4.79 Å². The molecule has 0 aromatic heterocycles. The molecule has 86 valence electrons. The average Bonchev–Trinajstić information content (AvgIpc) is 2.15. The number of hydrogen-bond donors (Lipinski definition) is 0. The highest BCUT2D eigenvalue weighted by Gasteiger charge is 2.29. The third kappa shape index (κ3) is 2.66. The van der Waals surface area contributed by atoms with Crippen LogP contribution in [0.15, 0.2) is 0 Å². The van der Waals surface area contributed by atoms with Gasteiger partial charge in [-0.15, -0.1) is 11.6 Å². The summed E-state index contributed by atoms with van der Waals surface area (Å²) in [4.78, 5) is 14.0. The van der Waals surface area contributed by atoms with Crippen LogP contribution in [-0.2, 0) is 4.79 Å². The highest BCUT2D eigenvalue weighted by atomic mass is 35.5. The minimum Gasteiger partial charge on any atom is -0.342 e. The summed E-state index contributed by atoms with van der Waals surface area (Å²) in [6.45, 7) is 3.87. The van der Waals surface area contributed by atoms with Crippen molar-refractivity contribution in [2.24, 2.45) is 11.8 Å². The summed E-state index contributed by atoms with van der Waals surface area (Å²) >= 11 is 6.14. The van der Waals surface area contributed by atoms with Crippen molar-refractivity contribution in [3.8, 4) is 0 Å². The Morgan fingerprint density at radius 2 is 2.13 bits per heavy atom. The first kappa shape index (κ1) is 11.3. The summed E-state index contributed by atoms with van der Waals surface area (Å²) in [6.07, 6.45) is 5.57. The van der Waals surface area contributed by atoms with E-state index < -0.39 is 0 Å². The molecule has 2 aliphatic rings. The van der Waals surface area contributed by atoms with Crippen LogP contribution in [0.3, 0.4) is 0 Å². The molecule has 0 aromatic carbocycles. The molecule has 0 radical (unpaired) electrons. The van der Waals surface area contributed by atoms with Crippen molar-refractivity contribution in [2.45, 2.75) is 44.4 Å². The molecule has 1 heterocycles. The molecule has 1 amide bonds. The van der Waals surface area contributed by atoms with Crippen molar-refractivity contribution in [3.63, 3.8) is 0 Å². The van der Waals surface area contributed by atoms with Crippen LogP contribution in [-0.4, -0.2) is 29.3 Å². The standard InChI is InChI=1S/C12H20ClNO/c1-9-8-14(6-5-11(9)13)12(15)7-10-3-2-4-10/h9-11H,2-8H2,1H3. The Hall–Kier alpha value is -0.240. The maximum absolute atomic E-state index is 11.9. The van der Waals surface area contributed by atoms with E-state index in [-0.39, 0.29) is 5.38 Å². The largest absolute Gasteiger partial charge is 0.342 e. The van der Waals surface area contributed by atoms with E-state index in [9.17, 15) is 4.79 Å². The van der Waals surface area contributed by atoms with Crippen molar-refractivity contribution >= 4 is 17.5 Å². The monoisotopic (exact) mass is 229 g/mol. The van der Waals surface area contributed by atoms with E-state index in [1.165, 1.54) is 19.3 Å². The number of rotatable bonds is 2. The second-order valence-corrected chi connectivity index (χ2v) is 5.68. The van der Waals surface area contributed by atoms with Gasteiger partial charge in [0, 0.05) is 24.9 Å². The molecule has 3 heteroatoms. The van der Waals surface area contributed by atoms with Crippen molar-refractivity contribution in [2.75, 3.05) is 13.1 Å². The lowest BCUT2D eigenvalue weighted by Crippen LogP contribution is -2.44. The van der Waals surface area contributed by atoms with Crippen LogP contribution >= 0.6 is 11.6 Å². The zero-order valence-corrected chi connectivity index (χ0v) is 10.2. The fourth-order valence-corrected chi connectivity index (χ4v) is 2.59. The fourth-order valence-electron chi connectivity index (χ4n) is 2.42. The molecule has 2 unspecified atom stereocenters. The van der Waals surface area contributed by atoms with E-state index >= 15 is 0 Å². The van der Waals surface area contributed by atoms with E-state index in [0.29, 0.717) is 17.7 Å². The van der Waals surface area contributed by atoms with Crippen LogP contribution in [0.25, 0.3) is 0 Å². The molecular weight excluding hydrogens is 210 g/mol. The SMILES string of the molecule is CC1CN(C(=O)CC2CCC2)CCC1Cl. The molecule has 0 N–H and O–H groups in total. The van der Waals surface area contributed by atoms with Gasteiger partial charge >= 0.3 is 0 Å². The molecule has 1 aliphatic heterocycles. The van der Waals surface area contributed by atoms with Crippen molar-refractivity contribution in [1.29, 1.82) is 0 Å². The summed E-state index contributed by atoms with van der Waals surface area (Å²) in [7, 11) is 0. The number of likely N-dealkylation sites (tertiary alicyclic amines) is 1. The van der Waals surface area contributed by atoms with E-state index in [2.05, 4.69) is 6.92 Å². The minimum absolute atomic E-state index is 0.262. The third-order valence-corrected chi connectivity index (χ3v) is 4.49. The Morgan fingerprint density at radius 3 is 2.67 bits per heavy atom. The molecule has 0 bridgehead atoms. The zero-order chi connectivity index (χ0) is 10.8. The van der Waals surface area contributed by atoms with Gasteiger partial charge in [-0.05, 0) is 31.1 Å². The average molecular weight is 230 g/mol. The minimum atomic E-state index is 0.262. The van der Waals surface area contributed by atoms with Gasteiger partial charge in [-0.25, -0.2) is 0 Å². The molecule has 1 saturated carbocycles. The van der Waals surface area contributed by atoms with Gasteiger partial charge in [0.2, 0.25) is 5.91 Å². The van der Waals surface area contributed by atoms with Crippen LogP contribution in [0.4, 0.5) is 0 Å². The van der Waals surface area contributed by atoms with Crippen molar-refractivity contribution in [1.82, 2.24) is 4.90 Å². The highest BCUT2D eigenvalue weighted by Crippen LogP contribution is 2.31. The molecule has 2 fully saturated rings. The van der Waals surface area contributed by atoms with Gasteiger partial charge in [0.1, 0.15) is 0 Å². The molecular formula is C12H20ClNO. The van der Waals surface area contributed by atoms with Crippen LogP contribution in [0, 0.1) is 11.8 Å². The highest BCUT2D eigenvalue weighted by molar-refractivity contribution is 6.20. The van der Waals surface area contributed by atoms with Gasteiger partial charge in [0.25, 0.3) is 0 Å². The molecule has 0 aromatic rings. The van der Waals surface area contributed by atoms with Gasteiger partial charge < -0.3 is 4.90 Å². The maximum atomic E-state index is 11.9. The summed E-state index contributed by atoms with van der Waals surface area (Å²) in [6, 6.07) is 0. The number of carbonyl (C=O) groups is 1. The summed E-state index contributed by atoms with van der Waals surface area (Å²) in [5.41, 5.74) is 0. The van der Waals surface area contributed by atoms with E-state index in [1.54, 1.807) is 0 Å². The first-order valence-electron chi connectivity index (χ1n) is 6.08. The predicted molar refractivity (Wildman–Crippen MR) is 62.0 cm³/mol. The third-order valence-electron chi connectivity index (χ3n) is 3.84. The first-order valence-corrected chi connectivity index (χ1v) is 6.52. The van der Waals surface area contributed by atoms with Crippen LogP contribution in [0.1, 0.15) is 39.0 Å². The van der Waals surface area contributed by atoms with Crippen LogP contribution in [0.5, 0.6) is 0 Å². The number of carbonyl (C=O) groups excluding carboxylic acids is 1. The molecule has 0 spiro atoms. The van der Waals surface area contributed by atoms with Crippen LogP contribution in [0.2, 0.25) is 0 Å². The fraction of sp³-hybridized carbons (Fsp3) is 0.917. The van der Waals surface area contributed by atoms with Crippen LogP contribution < -0.4 is 0 Å². The van der Waals surface area contributed by atoms with E-state index in [4.69, 9.17) is 11.6 Å². The number of alkyl halides is 1. The maximum Gasteiger partial charge on any atom is 0.222 e. The smallest absolute Gasteiger partial charge is 0.222 e. The molecule has 2 rings (SSSR count). The molecule has 1 saturated heterocycles. The topological polar surface area (TPSA) is 20.3 Å². The van der Waals surface area contributed by atoms with Gasteiger partial charge in [0.05, 0.1) is 0 Å². The van der Waals surface area contributed by atoms with Gasteiger partial charge in [-0.2, -0.15) is 0 Å². The normalized spacial score (nSPS) is 32.5. The molecule has 1 aliphatic carbocycles. The second-order valence-electron chi connectivity index (χ2n) is 5.12. The first-order chi connectivity index (χ1) is 7.16. The zero-order valence-electron chi connectivity index (χ0n) is 9.42. The summed E-state index contributed by atoms with van der Waals surface area (Å²) < 4.78 is 0. The Bertz CT molecular complexity index is 240. The molecule has 15 heavy (non-hydrogen) atoms. The Labute approximate surface area is 97.0 Å². The van der Waals surface area contributed by atoms with Crippen molar-refractivity contribution in [3.05, 3.63) is 0 Å². The Balaban J connectivity index is 1.79. The summed E-state index contributed by atoms with van der Waals surface area (Å²) in [5, 5.41) is 0.262. The number of nitrogens with zero attached hydrogens (tertiary/aromatic N) is 1. The lowest BCUT2D eigenvalue weighted by Gasteiger charge is -2.36. The number of amides is 1. The molecule has 2 nitrogen and oxygen atoms in total. The quantitative estimate of drug-likeness (QED) is 0.667. The van der Waals surface area contributed by atoms with Gasteiger partial charge in [-0.3, -0.25) is 4.79 Å². The predicted octanol–water partition coefficient (Wildman–Crippen LogP) is 2.65. The number of halogens is 1. The van der Waals surface area contributed by atoms with E-state index in [1.807, 2.05) is 4.90 Å². The van der Waals surface area contributed by atoms with Gasteiger partial charge in [-0.1, -0.05) is 13.3 Å². The number of hydrogen-bond acceptors (Lipinski definition) is 1. The lowest BCUT2D eigenvalue weighted by atomic mass is 9.82. The summed E-state index contributed by atoms with van der Waals surface area (Å²) in [5.74, 6) is 1.49. The lowest BCUT2D eigenvalue weighted by molar-refractivity contribution is -0.134. The van der Waals surface area contributed by atoms with Gasteiger partial charge in [0.15, 0.2) is 0 Å². The Kier molecular flexibility index (Phi) is 3.55. The number of piperidine rings is 1. The Morgan fingerprint density at radius 1 is 1.40 bits per heavy atom. The second kappa shape index (κ2) is 4.73. The molecule has 2 atom stereocenters.